The second-order valence-corrected chi connectivity index (χ2v) is 5.57. The number of thiocarbonyl (C=S) groups is 1. The first-order valence-corrected chi connectivity index (χ1v) is 6.72. The van der Waals surface area contributed by atoms with Crippen LogP contribution in [0.3, 0.4) is 0 Å². The largest absolute Gasteiger partial charge is 0.376 e. The van der Waals surface area contributed by atoms with E-state index in [1.807, 2.05) is 4.90 Å². The van der Waals surface area contributed by atoms with Gasteiger partial charge in [-0.15, -0.1) is 0 Å². The average Bonchev–Trinajstić information content (AvgIpc) is 2.55. The lowest BCUT2D eigenvalue weighted by Crippen LogP contribution is -2.36. The molecule has 15 heavy (non-hydrogen) atoms. The lowest BCUT2D eigenvalue weighted by Gasteiger charge is -2.14. The summed E-state index contributed by atoms with van der Waals surface area (Å²) in [5, 5.41) is 1.99. The third-order valence-corrected chi connectivity index (χ3v) is 3.58. The van der Waals surface area contributed by atoms with Crippen molar-refractivity contribution in [1.82, 2.24) is 4.90 Å². The molecule has 1 aliphatic rings. The lowest BCUT2D eigenvalue weighted by atomic mass is 10.2. The van der Waals surface area contributed by atoms with Crippen LogP contribution in [0.2, 0.25) is 0 Å². The standard InChI is InChI=1S/C10H19N3S2/c1-3-4-5-6-12-10-13(9(11)14)7-8(2)15-10/h8H,3-7H2,1-2H3,(H2,11,14). The molecule has 5 heteroatoms. The molecule has 1 atom stereocenters. The highest BCUT2D eigenvalue weighted by Gasteiger charge is 2.26. The van der Waals surface area contributed by atoms with E-state index in [4.69, 9.17) is 18.0 Å². The highest BCUT2D eigenvalue weighted by atomic mass is 32.2. The SMILES string of the molecule is CCCCCN=C1SC(C)CN1C(N)=S. The van der Waals surface area contributed by atoms with E-state index in [1.54, 1.807) is 11.8 Å². The van der Waals surface area contributed by atoms with Crippen molar-refractivity contribution in [2.24, 2.45) is 10.7 Å². The first kappa shape index (κ1) is 12.8. The second kappa shape index (κ2) is 6.33. The van der Waals surface area contributed by atoms with Gasteiger partial charge >= 0.3 is 0 Å². The molecule has 86 valence electrons. The fourth-order valence-electron chi connectivity index (χ4n) is 1.46. The molecule has 0 saturated carbocycles. The first-order valence-electron chi connectivity index (χ1n) is 5.43. The first-order chi connectivity index (χ1) is 7.15. The zero-order valence-corrected chi connectivity index (χ0v) is 11.0. The van der Waals surface area contributed by atoms with Crippen LogP contribution in [0, 0.1) is 0 Å². The second-order valence-electron chi connectivity index (χ2n) is 3.75. The number of hydrogen-bond acceptors (Lipinski definition) is 3. The Morgan fingerprint density at radius 2 is 2.40 bits per heavy atom. The lowest BCUT2D eigenvalue weighted by molar-refractivity contribution is 0.630. The fourth-order valence-corrected chi connectivity index (χ4v) is 2.73. The van der Waals surface area contributed by atoms with Crippen LogP contribution in [0.25, 0.3) is 0 Å². The molecule has 0 radical (unpaired) electrons. The third-order valence-electron chi connectivity index (χ3n) is 2.25. The van der Waals surface area contributed by atoms with Gasteiger partial charge in [-0.1, -0.05) is 38.5 Å². The van der Waals surface area contributed by atoms with Crippen LogP contribution in [-0.2, 0) is 0 Å². The van der Waals surface area contributed by atoms with Crippen LogP contribution < -0.4 is 5.73 Å². The van der Waals surface area contributed by atoms with Crippen LogP contribution in [0.5, 0.6) is 0 Å². The van der Waals surface area contributed by atoms with Crippen molar-refractivity contribution in [3.8, 4) is 0 Å². The van der Waals surface area contributed by atoms with Crippen LogP contribution in [0.4, 0.5) is 0 Å². The van der Waals surface area contributed by atoms with Gasteiger partial charge in [0.2, 0.25) is 0 Å². The number of amidine groups is 1. The number of rotatable bonds is 4. The number of unbranched alkanes of at least 4 members (excludes halogenated alkanes) is 2. The number of nitrogens with zero attached hydrogens (tertiary/aromatic N) is 2. The number of nitrogens with two attached hydrogens (primary N) is 1. The molecule has 0 aromatic carbocycles. The smallest absolute Gasteiger partial charge is 0.172 e. The topological polar surface area (TPSA) is 41.6 Å². The number of aliphatic imine (C=N–C) groups is 1. The Morgan fingerprint density at radius 1 is 1.67 bits per heavy atom. The van der Waals surface area contributed by atoms with Crippen molar-refractivity contribution in [2.45, 2.75) is 38.4 Å². The fraction of sp³-hybridized carbons (Fsp3) is 0.800. The maximum absolute atomic E-state index is 5.64. The predicted molar refractivity (Wildman–Crippen MR) is 72.4 cm³/mol. The molecule has 1 heterocycles. The molecule has 1 saturated heterocycles. The Labute approximate surface area is 101 Å². The van der Waals surface area contributed by atoms with Gasteiger partial charge < -0.3 is 5.73 Å². The number of hydrogen-bond donors (Lipinski definition) is 1. The summed E-state index contributed by atoms with van der Waals surface area (Å²) in [6.45, 7) is 6.15. The van der Waals surface area contributed by atoms with Gasteiger partial charge in [0.05, 0.1) is 0 Å². The highest BCUT2D eigenvalue weighted by molar-refractivity contribution is 8.14. The molecule has 0 aromatic rings. The summed E-state index contributed by atoms with van der Waals surface area (Å²) in [5.41, 5.74) is 5.64. The molecular weight excluding hydrogens is 226 g/mol. The van der Waals surface area contributed by atoms with Crippen LogP contribution in [0.15, 0.2) is 4.99 Å². The maximum atomic E-state index is 5.64. The third kappa shape index (κ3) is 3.99. The van der Waals surface area contributed by atoms with Crippen molar-refractivity contribution in [3.63, 3.8) is 0 Å². The monoisotopic (exact) mass is 245 g/mol. The minimum absolute atomic E-state index is 0.445. The molecule has 1 fully saturated rings. The molecule has 1 rings (SSSR count). The van der Waals surface area contributed by atoms with E-state index in [-0.39, 0.29) is 0 Å². The van der Waals surface area contributed by atoms with Gasteiger partial charge in [-0.25, -0.2) is 0 Å². The Kier molecular flexibility index (Phi) is 5.39. The molecule has 1 unspecified atom stereocenters. The van der Waals surface area contributed by atoms with E-state index < -0.39 is 0 Å². The maximum Gasteiger partial charge on any atom is 0.172 e. The van der Waals surface area contributed by atoms with E-state index >= 15 is 0 Å². The minimum Gasteiger partial charge on any atom is -0.376 e. The highest BCUT2D eigenvalue weighted by Crippen LogP contribution is 2.25. The van der Waals surface area contributed by atoms with Crippen LogP contribution >= 0.6 is 24.0 Å². The summed E-state index contributed by atoms with van der Waals surface area (Å²) in [6, 6.07) is 0. The molecule has 1 aliphatic heterocycles. The summed E-state index contributed by atoms with van der Waals surface area (Å²) in [7, 11) is 0. The van der Waals surface area contributed by atoms with Crippen molar-refractivity contribution >= 4 is 34.3 Å². The van der Waals surface area contributed by atoms with Gasteiger partial charge in [0, 0.05) is 18.3 Å². The van der Waals surface area contributed by atoms with Gasteiger partial charge in [-0.3, -0.25) is 9.89 Å². The Hall–Kier alpha value is -0.290. The van der Waals surface area contributed by atoms with Crippen LogP contribution in [0.1, 0.15) is 33.1 Å². The molecular formula is C10H19N3S2. The summed E-state index contributed by atoms with van der Waals surface area (Å²) in [6.07, 6.45) is 3.62. The van der Waals surface area contributed by atoms with Crippen molar-refractivity contribution in [1.29, 1.82) is 0 Å². The number of thioether (sulfide) groups is 1. The van der Waals surface area contributed by atoms with E-state index in [0.29, 0.717) is 10.4 Å². The molecule has 0 spiro atoms. The van der Waals surface area contributed by atoms with Gasteiger partial charge in [0.15, 0.2) is 10.3 Å². The minimum atomic E-state index is 0.445. The van der Waals surface area contributed by atoms with Crippen molar-refractivity contribution < 1.29 is 0 Å². The quantitative estimate of drug-likeness (QED) is 0.609. The van der Waals surface area contributed by atoms with Gasteiger partial charge in [-0.05, 0) is 18.6 Å². The van der Waals surface area contributed by atoms with Crippen molar-refractivity contribution in [3.05, 3.63) is 0 Å². The molecule has 0 aromatic heterocycles. The molecule has 3 nitrogen and oxygen atoms in total. The summed E-state index contributed by atoms with van der Waals surface area (Å²) < 4.78 is 0. The van der Waals surface area contributed by atoms with Gasteiger partial charge in [-0.2, -0.15) is 0 Å². The van der Waals surface area contributed by atoms with Gasteiger partial charge in [0.1, 0.15) is 0 Å². The zero-order chi connectivity index (χ0) is 11.3. The Balaban J connectivity index is 2.47. The zero-order valence-electron chi connectivity index (χ0n) is 9.40. The molecule has 2 N–H and O–H groups in total. The van der Waals surface area contributed by atoms with E-state index in [9.17, 15) is 0 Å². The van der Waals surface area contributed by atoms with Gasteiger partial charge in [0.25, 0.3) is 0 Å². The summed E-state index contributed by atoms with van der Waals surface area (Å²) in [5.74, 6) is 0. The normalized spacial score (nSPS) is 23.7. The van der Waals surface area contributed by atoms with Crippen LogP contribution in [-0.4, -0.2) is 33.5 Å². The van der Waals surface area contributed by atoms with E-state index in [2.05, 4.69) is 18.8 Å². The van der Waals surface area contributed by atoms with E-state index in [1.165, 1.54) is 12.8 Å². The predicted octanol–water partition coefficient (Wildman–Crippen LogP) is 2.21. The van der Waals surface area contributed by atoms with E-state index in [0.717, 1.165) is 24.7 Å². The Morgan fingerprint density at radius 3 is 3.00 bits per heavy atom. The Bertz CT molecular complexity index is 253. The average molecular weight is 245 g/mol. The molecule has 0 aliphatic carbocycles. The summed E-state index contributed by atoms with van der Waals surface area (Å²) in [4.78, 5) is 6.49. The molecule has 0 amide bonds. The summed E-state index contributed by atoms with van der Waals surface area (Å²) >= 11 is 6.76. The van der Waals surface area contributed by atoms with Crippen molar-refractivity contribution in [2.75, 3.05) is 13.1 Å². The molecule has 0 bridgehead atoms.